The van der Waals surface area contributed by atoms with E-state index in [2.05, 4.69) is 11.4 Å². The molecule has 1 saturated carbocycles. The van der Waals surface area contributed by atoms with Gasteiger partial charge in [0.25, 0.3) is 0 Å². The molecule has 0 amide bonds. The highest BCUT2D eigenvalue weighted by molar-refractivity contribution is 5.05. The number of nitrogens with one attached hydrogen (secondary N) is 1. The van der Waals surface area contributed by atoms with Crippen LogP contribution in [0.4, 0.5) is 0 Å². The van der Waals surface area contributed by atoms with E-state index in [1.54, 1.807) is 0 Å². The fourth-order valence-electron chi connectivity index (χ4n) is 2.58. The average Bonchev–Trinajstić information content (AvgIpc) is 2.74. The first kappa shape index (κ1) is 11.9. The van der Waals surface area contributed by atoms with Gasteiger partial charge >= 0.3 is 0 Å². The summed E-state index contributed by atoms with van der Waals surface area (Å²) in [5.74, 6) is 0.765. The normalized spacial score (nSPS) is 29.4. The van der Waals surface area contributed by atoms with Gasteiger partial charge in [0.05, 0.1) is 12.2 Å². The second-order valence-electron chi connectivity index (χ2n) is 5.46. The summed E-state index contributed by atoms with van der Waals surface area (Å²) in [6.07, 6.45) is 7.58. The Labute approximate surface area is 98.2 Å². The van der Waals surface area contributed by atoms with E-state index in [0.717, 1.165) is 38.3 Å². The van der Waals surface area contributed by atoms with Crippen LogP contribution in [0.5, 0.6) is 0 Å². The van der Waals surface area contributed by atoms with Crippen molar-refractivity contribution in [1.82, 2.24) is 5.32 Å². The van der Waals surface area contributed by atoms with Crippen molar-refractivity contribution in [3.8, 4) is 6.07 Å². The lowest BCUT2D eigenvalue weighted by Crippen LogP contribution is -2.46. The predicted octanol–water partition coefficient (Wildman–Crippen LogP) is 2.23. The summed E-state index contributed by atoms with van der Waals surface area (Å²) in [5, 5.41) is 12.7. The lowest BCUT2D eigenvalue weighted by molar-refractivity contribution is 0.102. The van der Waals surface area contributed by atoms with E-state index in [1.165, 1.54) is 19.3 Å². The molecule has 0 bridgehead atoms. The van der Waals surface area contributed by atoms with E-state index in [1.807, 2.05) is 6.92 Å². The lowest BCUT2D eigenvalue weighted by Gasteiger charge is -2.33. The minimum Gasteiger partial charge on any atom is -0.377 e. The maximum atomic E-state index is 9.27. The molecule has 2 aliphatic rings. The molecule has 0 aromatic heterocycles. The van der Waals surface area contributed by atoms with Gasteiger partial charge in [0, 0.05) is 13.2 Å². The van der Waals surface area contributed by atoms with Gasteiger partial charge in [-0.15, -0.1) is 0 Å². The fourth-order valence-corrected chi connectivity index (χ4v) is 2.58. The van der Waals surface area contributed by atoms with E-state index in [9.17, 15) is 5.26 Å². The first-order valence-corrected chi connectivity index (χ1v) is 6.50. The molecule has 1 aliphatic carbocycles. The van der Waals surface area contributed by atoms with Crippen molar-refractivity contribution in [3.63, 3.8) is 0 Å². The second kappa shape index (κ2) is 5.16. The smallest absolute Gasteiger partial charge is 0.104 e. The molecule has 1 heterocycles. The number of nitriles is 1. The molecular formula is C13H22N2O. The molecule has 2 rings (SSSR count). The second-order valence-corrected chi connectivity index (χ2v) is 5.46. The summed E-state index contributed by atoms with van der Waals surface area (Å²) < 4.78 is 5.57. The zero-order chi connectivity index (χ0) is 11.4. The molecule has 1 aliphatic heterocycles. The third-order valence-electron chi connectivity index (χ3n) is 3.91. The number of nitrogens with zero attached hydrogens (tertiary/aromatic N) is 1. The molecule has 90 valence electrons. The summed E-state index contributed by atoms with van der Waals surface area (Å²) in [5.41, 5.74) is -0.350. The van der Waals surface area contributed by atoms with Gasteiger partial charge in [-0.1, -0.05) is 19.3 Å². The molecule has 16 heavy (non-hydrogen) atoms. The minimum atomic E-state index is -0.350. The number of hydrogen-bond donors (Lipinski definition) is 1. The summed E-state index contributed by atoms with van der Waals surface area (Å²) in [7, 11) is 0. The zero-order valence-corrected chi connectivity index (χ0v) is 10.2. The molecule has 2 fully saturated rings. The van der Waals surface area contributed by atoms with E-state index in [-0.39, 0.29) is 5.54 Å². The molecule has 2 atom stereocenters. The molecule has 1 saturated heterocycles. The molecule has 3 nitrogen and oxygen atoms in total. The highest BCUT2D eigenvalue weighted by Crippen LogP contribution is 2.33. The van der Waals surface area contributed by atoms with Crippen LogP contribution in [-0.4, -0.2) is 24.8 Å². The summed E-state index contributed by atoms with van der Waals surface area (Å²) in [4.78, 5) is 0. The number of rotatable bonds is 5. The van der Waals surface area contributed by atoms with Crippen LogP contribution in [0, 0.1) is 17.2 Å². The highest BCUT2D eigenvalue weighted by atomic mass is 16.5. The quantitative estimate of drug-likeness (QED) is 0.776. The SMILES string of the molecule is CC(C#N)(CC1CCC1)NCC1CCCO1. The Bertz CT molecular complexity index is 264. The van der Waals surface area contributed by atoms with Crippen LogP contribution in [0.1, 0.15) is 45.4 Å². The maximum absolute atomic E-state index is 9.27. The average molecular weight is 222 g/mol. The Morgan fingerprint density at radius 3 is 2.69 bits per heavy atom. The van der Waals surface area contributed by atoms with Crippen molar-refractivity contribution in [2.24, 2.45) is 5.92 Å². The zero-order valence-electron chi connectivity index (χ0n) is 10.2. The summed E-state index contributed by atoms with van der Waals surface area (Å²) in [6.45, 7) is 3.75. The molecule has 0 spiro atoms. The molecule has 0 radical (unpaired) electrons. The van der Waals surface area contributed by atoms with Gasteiger partial charge in [-0.25, -0.2) is 0 Å². The molecule has 3 heteroatoms. The Morgan fingerprint density at radius 2 is 2.19 bits per heavy atom. The Balaban J connectivity index is 1.76. The Kier molecular flexibility index (Phi) is 3.83. The van der Waals surface area contributed by atoms with E-state index < -0.39 is 0 Å². The van der Waals surface area contributed by atoms with Gasteiger partial charge in [-0.2, -0.15) is 5.26 Å². The van der Waals surface area contributed by atoms with Crippen LogP contribution in [0.2, 0.25) is 0 Å². The van der Waals surface area contributed by atoms with Crippen molar-refractivity contribution < 1.29 is 4.74 Å². The Hall–Kier alpha value is -0.590. The standard InChI is InChI=1S/C13H22N2O/c1-13(10-14,8-11-4-2-5-11)15-9-12-6-3-7-16-12/h11-12,15H,2-9H2,1H3. The van der Waals surface area contributed by atoms with Crippen molar-refractivity contribution in [2.75, 3.05) is 13.2 Å². The van der Waals surface area contributed by atoms with Crippen LogP contribution in [0.25, 0.3) is 0 Å². The third kappa shape index (κ3) is 2.96. The van der Waals surface area contributed by atoms with Crippen LogP contribution in [-0.2, 0) is 4.74 Å². The molecule has 2 unspecified atom stereocenters. The fraction of sp³-hybridized carbons (Fsp3) is 0.923. The number of ether oxygens (including phenoxy) is 1. The van der Waals surface area contributed by atoms with Crippen molar-refractivity contribution in [3.05, 3.63) is 0 Å². The van der Waals surface area contributed by atoms with E-state index >= 15 is 0 Å². The van der Waals surface area contributed by atoms with Crippen LogP contribution in [0.15, 0.2) is 0 Å². The first-order valence-electron chi connectivity index (χ1n) is 6.50. The predicted molar refractivity (Wildman–Crippen MR) is 63.0 cm³/mol. The topological polar surface area (TPSA) is 45.0 Å². The van der Waals surface area contributed by atoms with Crippen LogP contribution in [0.3, 0.4) is 0 Å². The van der Waals surface area contributed by atoms with Gasteiger partial charge in [0.1, 0.15) is 5.54 Å². The lowest BCUT2D eigenvalue weighted by atomic mass is 9.77. The number of hydrogen-bond acceptors (Lipinski definition) is 3. The molecule has 0 aromatic carbocycles. The van der Waals surface area contributed by atoms with Crippen LogP contribution >= 0.6 is 0 Å². The molecular weight excluding hydrogens is 200 g/mol. The molecule has 0 aromatic rings. The Morgan fingerprint density at radius 1 is 1.38 bits per heavy atom. The van der Waals surface area contributed by atoms with Crippen molar-refractivity contribution in [1.29, 1.82) is 5.26 Å². The third-order valence-corrected chi connectivity index (χ3v) is 3.91. The summed E-state index contributed by atoms with van der Waals surface area (Å²) >= 11 is 0. The van der Waals surface area contributed by atoms with Crippen molar-refractivity contribution >= 4 is 0 Å². The van der Waals surface area contributed by atoms with Crippen molar-refractivity contribution in [2.45, 2.75) is 57.1 Å². The summed E-state index contributed by atoms with van der Waals surface area (Å²) in [6, 6.07) is 2.43. The van der Waals surface area contributed by atoms with Gasteiger partial charge < -0.3 is 4.74 Å². The molecule has 1 N–H and O–H groups in total. The monoisotopic (exact) mass is 222 g/mol. The minimum absolute atomic E-state index is 0.328. The highest BCUT2D eigenvalue weighted by Gasteiger charge is 2.31. The van der Waals surface area contributed by atoms with E-state index in [4.69, 9.17) is 4.74 Å². The van der Waals surface area contributed by atoms with Gasteiger partial charge in [0.2, 0.25) is 0 Å². The maximum Gasteiger partial charge on any atom is 0.104 e. The largest absolute Gasteiger partial charge is 0.377 e. The van der Waals surface area contributed by atoms with Crippen LogP contribution < -0.4 is 5.32 Å². The van der Waals surface area contributed by atoms with Gasteiger partial charge in [0.15, 0.2) is 0 Å². The van der Waals surface area contributed by atoms with Gasteiger partial charge in [-0.3, -0.25) is 5.32 Å². The first-order chi connectivity index (χ1) is 7.72. The van der Waals surface area contributed by atoms with E-state index in [0.29, 0.717) is 6.10 Å². The van der Waals surface area contributed by atoms with Gasteiger partial charge in [-0.05, 0) is 32.1 Å².